The molecule has 6 heteroatoms. The zero-order chi connectivity index (χ0) is 24.2. The van der Waals surface area contributed by atoms with E-state index in [2.05, 4.69) is 16.9 Å². The van der Waals surface area contributed by atoms with Crippen LogP contribution in [0.3, 0.4) is 0 Å². The number of esters is 1. The van der Waals surface area contributed by atoms with E-state index in [4.69, 9.17) is 9.84 Å². The molecule has 1 amide bonds. The van der Waals surface area contributed by atoms with Crippen molar-refractivity contribution in [2.45, 2.75) is 116 Å². The maximum Gasteiger partial charge on any atom is 0.309 e. The van der Waals surface area contributed by atoms with Gasteiger partial charge in [-0.2, -0.15) is 5.10 Å². The Morgan fingerprint density at radius 2 is 1.71 bits per heavy atom. The molecule has 0 aliphatic heterocycles. The zero-order valence-electron chi connectivity index (χ0n) is 21.7. The van der Waals surface area contributed by atoms with E-state index in [-0.39, 0.29) is 29.3 Å². The van der Waals surface area contributed by atoms with Crippen molar-refractivity contribution in [3.8, 4) is 0 Å². The molecule has 5 saturated carbocycles. The summed E-state index contributed by atoms with van der Waals surface area (Å²) in [5, 5.41) is 8.47. The summed E-state index contributed by atoms with van der Waals surface area (Å²) < 4.78 is 7.51. The molecule has 1 aromatic heterocycles. The lowest BCUT2D eigenvalue weighted by Crippen LogP contribution is -2.55. The Bertz CT molecular complexity index is 941. The van der Waals surface area contributed by atoms with E-state index < -0.39 is 0 Å². The number of nitrogens with one attached hydrogen (secondary N) is 1. The molecule has 192 valence electrons. The van der Waals surface area contributed by atoms with E-state index in [0.717, 1.165) is 54.7 Å². The third-order valence-electron chi connectivity index (χ3n) is 10.4. The molecule has 6 aliphatic rings. The molecule has 2 atom stereocenters. The summed E-state index contributed by atoms with van der Waals surface area (Å²) in [6.07, 6.45) is 16.2. The predicted molar refractivity (Wildman–Crippen MR) is 134 cm³/mol. The second-order valence-electron chi connectivity index (χ2n) is 12.7. The molecule has 2 unspecified atom stereocenters. The van der Waals surface area contributed by atoms with Crippen LogP contribution in [-0.4, -0.2) is 34.3 Å². The van der Waals surface area contributed by atoms with Crippen LogP contribution < -0.4 is 5.32 Å². The molecule has 4 bridgehead atoms. The lowest BCUT2D eigenvalue weighted by atomic mass is 9.48. The highest BCUT2D eigenvalue weighted by Crippen LogP contribution is 2.61. The lowest BCUT2D eigenvalue weighted by Gasteiger charge is -2.59. The Morgan fingerprint density at radius 1 is 1.06 bits per heavy atom. The molecule has 0 aromatic carbocycles. The molecule has 7 rings (SSSR count). The number of ether oxygens (including phenoxy) is 1. The van der Waals surface area contributed by atoms with Crippen molar-refractivity contribution in [1.82, 2.24) is 15.1 Å². The van der Waals surface area contributed by atoms with Crippen LogP contribution in [0.5, 0.6) is 0 Å². The first-order valence-corrected chi connectivity index (χ1v) is 14.5. The van der Waals surface area contributed by atoms with E-state index in [9.17, 15) is 9.59 Å². The van der Waals surface area contributed by atoms with Gasteiger partial charge in [-0.05, 0) is 101 Å². The van der Waals surface area contributed by atoms with Crippen LogP contribution in [0.25, 0.3) is 0 Å². The smallest absolute Gasteiger partial charge is 0.309 e. The quantitative estimate of drug-likeness (QED) is 0.553. The fraction of sp³-hybridized carbons (Fsp3) is 0.828. The zero-order valence-corrected chi connectivity index (χ0v) is 21.7. The number of fused-ring (bicyclic) bond motifs is 1. The molecule has 35 heavy (non-hydrogen) atoms. The van der Waals surface area contributed by atoms with E-state index >= 15 is 0 Å². The Morgan fingerprint density at radius 3 is 2.34 bits per heavy atom. The Hall–Kier alpha value is -1.85. The highest BCUT2D eigenvalue weighted by molar-refractivity contribution is 5.94. The Kier molecular flexibility index (Phi) is 6.21. The van der Waals surface area contributed by atoms with Gasteiger partial charge in [0.15, 0.2) is 5.69 Å². The average molecular weight is 482 g/mol. The van der Waals surface area contributed by atoms with Gasteiger partial charge in [0.2, 0.25) is 0 Å². The van der Waals surface area contributed by atoms with Gasteiger partial charge in [-0.15, -0.1) is 0 Å². The van der Waals surface area contributed by atoms with E-state index in [1.807, 2.05) is 6.92 Å². The number of hydrogen-bond acceptors (Lipinski definition) is 4. The maximum absolute atomic E-state index is 13.8. The van der Waals surface area contributed by atoms with Crippen LogP contribution in [0, 0.1) is 29.1 Å². The standard InChI is InChI=1S/C29H43N3O3/c1-3-35-28(34)22-9-10-24-25(14-22)32(23-7-5-4-6-8-23)31-26(24)27(33)30-18(2)29-15-19-11-20(16-29)13-21(12-19)17-29/h18-23H,3-17H2,1-2H3,(H,30,33). The van der Waals surface area contributed by atoms with Gasteiger partial charge >= 0.3 is 5.97 Å². The fourth-order valence-electron chi connectivity index (χ4n) is 9.03. The largest absolute Gasteiger partial charge is 0.466 e. The van der Waals surface area contributed by atoms with Crippen molar-refractivity contribution in [3.63, 3.8) is 0 Å². The van der Waals surface area contributed by atoms with Gasteiger partial charge in [0.25, 0.3) is 5.91 Å². The van der Waals surface area contributed by atoms with Crippen LogP contribution in [0.2, 0.25) is 0 Å². The monoisotopic (exact) mass is 481 g/mol. The lowest BCUT2D eigenvalue weighted by molar-refractivity contribution is -0.148. The number of aromatic nitrogens is 2. The predicted octanol–water partition coefficient (Wildman–Crippen LogP) is 5.39. The van der Waals surface area contributed by atoms with Crippen LogP contribution in [0.1, 0.15) is 119 Å². The third-order valence-corrected chi connectivity index (χ3v) is 10.4. The SMILES string of the molecule is CCOC(=O)C1CCc2c(C(=O)NC(C)C34CC5CC(CC(C5)C3)C4)nn(C3CCCCC3)c2C1. The third kappa shape index (κ3) is 4.23. The normalized spacial score (nSPS) is 34.9. The molecule has 1 aromatic rings. The summed E-state index contributed by atoms with van der Waals surface area (Å²) in [7, 11) is 0. The Labute approximate surface area is 209 Å². The van der Waals surface area contributed by atoms with E-state index in [1.54, 1.807) is 0 Å². The van der Waals surface area contributed by atoms with E-state index in [0.29, 0.717) is 24.8 Å². The van der Waals surface area contributed by atoms with Crippen LogP contribution in [-0.2, 0) is 22.4 Å². The minimum Gasteiger partial charge on any atom is -0.466 e. The minimum absolute atomic E-state index is 0.00800. The van der Waals surface area contributed by atoms with Crippen LogP contribution in [0.4, 0.5) is 0 Å². The van der Waals surface area contributed by atoms with Crippen LogP contribution >= 0.6 is 0 Å². The molecule has 1 heterocycles. The highest BCUT2D eigenvalue weighted by atomic mass is 16.5. The summed E-state index contributed by atoms with van der Waals surface area (Å²) >= 11 is 0. The van der Waals surface area contributed by atoms with E-state index in [1.165, 1.54) is 57.8 Å². The molecule has 6 aliphatic carbocycles. The number of amides is 1. The molecule has 0 saturated heterocycles. The van der Waals surface area contributed by atoms with Gasteiger partial charge in [0.1, 0.15) is 0 Å². The van der Waals surface area contributed by atoms with Crippen molar-refractivity contribution in [2.75, 3.05) is 6.61 Å². The van der Waals surface area contributed by atoms with Crippen molar-refractivity contribution >= 4 is 11.9 Å². The van der Waals surface area contributed by atoms with Crippen LogP contribution in [0.15, 0.2) is 0 Å². The summed E-state index contributed by atoms with van der Waals surface area (Å²) in [6, 6.07) is 0.537. The molecule has 5 fully saturated rings. The van der Waals surface area contributed by atoms with Gasteiger partial charge in [-0.1, -0.05) is 19.3 Å². The number of carbonyl (C=O) groups is 2. The van der Waals surface area contributed by atoms with Crippen molar-refractivity contribution in [2.24, 2.45) is 29.1 Å². The first kappa shape index (κ1) is 23.5. The number of rotatable bonds is 6. The summed E-state index contributed by atoms with van der Waals surface area (Å²) in [6.45, 7) is 4.54. The second kappa shape index (κ2) is 9.23. The first-order chi connectivity index (χ1) is 17.0. The summed E-state index contributed by atoms with van der Waals surface area (Å²) in [5.74, 6) is 2.41. The molecular weight excluding hydrogens is 438 g/mol. The second-order valence-corrected chi connectivity index (χ2v) is 12.7. The topological polar surface area (TPSA) is 73.2 Å². The van der Waals surface area contributed by atoms with Crippen molar-refractivity contribution < 1.29 is 14.3 Å². The van der Waals surface area contributed by atoms with Gasteiger partial charge in [0, 0.05) is 23.7 Å². The molecule has 0 radical (unpaired) electrons. The minimum atomic E-state index is -0.122. The maximum atomic E-state index is 13.8. The summed E-state index contributed by atoms with van der Waals surface area (Å²) in [5.41, 5.74) is 3.12. The molecular formula is C29H43N3O3. The molecule has 0 spiro atoms. The number of nitrogens with zero attached hydrogens (tertiary/aromatic N) is 2. The van der Waals surface area contributed by atoms with Gasteiger partial charge in [-0.3, -0.25) is 14.3 Å². The van der Waals surface area contributed by atoms with Crippen molar-refractivity contribution in [3.05, 3.63) is 17.0 Å². The van der Waals surface area contributed by atoms with Gasteiger partial charge in [0.05, 0.1) is 18.6 Å². The highest BCUT2D eigenvalue weighted by Gasteiger charge is 2.53. The molecule has 1 N–H and O–H groups in total. The fourth-order valence-corrected chi connectivity index (χ4v) is 9.03. The van der Waals surface area contributed by atoms with Crippen molar-refractivity contribution in [1.29, 1.82) is 0 Å². The summed E-state index contributed by atoms with van der Waals surface area (Å²) in [4.78, 5) is 26.3. The average Bonchev–Trinajstić information content (AvgIpc) is 3.23. The first-order valence-electron chi connectivity index (χ1n) is 14.5. The van der Waals surface area contributed by atoms with Gasteiger partial charge < -0.3 is 10.1 Å². The Balaban J connectivity index is 1.25. The number of hydrogen-bond donors (Lipinski definition) is 1. The number of carbonyl (C=O) groups excluding carboxylic acids is 2. The van der Waals surface area contributed by atoms with Gasteiger partial charge in [-0.25, -0.2) is 0 Å². The molecule has 6 nitrogen and oxygen atoms in total.